The van der Waals surface area contributed by atoms with Gasteiger partial charge in [0.2, 0.25) is 0 Å². The van der Waals surface area contributed by atoms with Gasteiger partial charge in [0.25, 0.3) is 0 Å². The van der Waals surface area contributed by atoms with Gasteiger partial charge in [-0.1, -0.05) is 11.8 Å². The van der Waals surface area contributed by atoms with Gasteiger partial charge in [-0.25, -0.2) is 0 Å². The van der Waals surface area contributed by atoms with Crippen molar-refractivity contribution < 1.29 is 27.6 Å². The topological polar surface area (TPSA) is 94.0 Å². The molecule has 1 aliphatic heterocycles. The van der Waals surface area contributed by atoms with Crippen molar-refractivity contribution in [2.45, 2.75) is 12.2 Å². The molecule has 0 aromatic rings. The molecular weight excluding hydrogens is 323 g/mol. The second kappa shape index (κ2) is 8.45. The molecule has 1 fully saturated rings. The van der Waals surface area contributed by atoms with E-state index in [-0.39, 0.29) is 23.0 Å². The maximum atomic E-state index is 11.7. The van der Waals surface area contributed by atoms with E-state index < -0.39 is 42.7 Å². The zero-order chi connectivity index (χ0) is 15.2. The molecule has 0 aromatic heterocycles. The summed E-state index contributed by atoms with van der Waals surface area (Å²) in [5, 5.41) is 0. The van der Waals surface area contributed by atoms with Gasteiger partial charge in [-0.2, -0.15) is 0 Å². The van der Waals surface area contributed by atoms with Crippen LogP contribution in [-0.4, -0.2) is 56.3 Å². The summed E-state index contributed by atoms with van der Waals surface area (Å²) in [6, 6.07) is 0. The van der Waals surface area contributed by atoms with E-state index in [0.717, 1.165) is 0 Å². The second-order valence-electron chi connectivity index (χ2n) is 3.85. The predicted molar refractivity (Wildman–Crippen MR) is 79.3 cm³/mol. The fourth-order valence-electron chi connectivity index (χ4n) is 1.53. The summed E-state index contributed by atoms with van der Waals surface area (Å²) >= 11 is -2.63. The van der Waals surface area contributed by atoms with E-state index in [4.69, 9.17) is 26.4 Å². The molecule has 1 N–H and O–H groups in total. The summed E-state index contributed by atoms with van der Waals surface area (Å²) in [6.07, 6.45) is 8.79. The molecule has 0 spiro atoms. The first-order valence-corrected chi connectivity index (χ1v) is 10.0. The molecule has 0 amide bonds. The van der Waals surface area contributed by atoms with Crippen molar-refractivity contribution in [2.75, 3.05) is 30.1 Å². The minimum Gasteiger partial charge on any atom is -0.616 e. The number of rotatable bonds is 7. The van der Waals surface area contributed by atoms with Gasteiger partial charge in [0, 0.05) is 7.11 Å². The van der Waals surface area contributed by atoms with Crippen molar-refractivity contribution in [2.24, 2.45) is 0 Å². The third kappa shape index (κ3) is 5.42. The highest BCUT2D eigenvalue weighted by Crippen LogP contribution is 2.64. The first-order chi connectivity index (χ1) is 9.44. The monoisotopic (exact) mass is 339 g/mol. The molecule has 1 radical (unpaired) electrons. The molecule has 113 valence electrons. The van der Waals surface area contributed by atoms with E-state index in [1.807, 2.05) is 0 Å². The van der Waals surface area contributed by atoms with Crippen molar-refractivity contribution in [3.8, 4) is 24.7 Å². The van der Waals surface area contributed by atoms with Crippen molar-refractivity contribution in [1.82, 2.24) is 0 Å². The van der Waals surface area contributed by atoms with Crippen LogP contribution in [0, 0.1) is 24.7 Å². The Hall–Kier alpha value is 0.01000. The summed E-state index contributed by atoms with van der Waals surface area (Å²) in [6.45, 7) is 0. The van der Waals surface area contributed by atoms with Crippen LogP contribution >= 0.6 is 8.17 Å². The van der Waals surface area contributed by atoms with Gasteiger partial charge in [0.1, 0.15) is 23.7 Å². The zero-order valence-electron chi connectivity index (χ0n) is 10.9. The van der Waals surface area contributed by atoms with Crippen molar-refractivity contribution in [1.29, 1.82) is 0 Å². The number of terminal acetylenes is 2. The Kier molecular flexibility index (Phi) is 7.63. The fourth-order valence-corrected chi connectivity index (χ4v) is 4.97. The molecule has 6 nitrogen and oxygen atoms in total. The lowest BCUT2D eigenvalue weighted by Crippen LogP contribution is -2.36. The largest absolute Gasteiger partial charge is 0.616 e. The van der Waals surface area contributed by atoms with Crippen molar-refractivity contribution >= 4 is 30.5 Å². The lowest BCUT2D eigenvalue weighted by Gasteiger charge is -2.18. The smallest absolute Gasteiger partial charge is 0.378 e. The summed E-state index contributed by atoms with van der Waals surface area (Å²) in [7, 11) is -2.20. The normalized spacial score (nSPS) is 32.3. The summed E-state index contributed by atoms with van der Waals surface area (Å²) in [4.78, 5) is 9.89. The van der Waals surface area contributed by atoms with Gasteiger partial charge in [-0.3, -0.25) is 9.05 Å². The third-order valence-electron chi connectivity index (χ3n) is 2.37. The van der Waals surface area contributed by atoms with Crippen LogP contribution in [0.3, 0.4) is 0 Å². The Morgan fingerprint density at radius 3 is 1.85 bits per heavy atom. The average molecular weight is 339 g/mol. The molecule has 0 aromatic carbocycles. The molecule has 0 bridgehead atoms. The van der Waals surface area contributed by atoms with Gasteiger partial charge in [0.05, 0.1) is 0 Å². The first-order valence-electron chi connectivity index (χ1n) is 5.55. The molecule has 4 atom stereocenters. The summed E-state index contributed by atoms with van der Waals surface area (Å²) in [5.41, 5.74) is 0. The Morgan fingerprint density at radius 1 is 1.15 bits per heavy atom. The van der Waals surface area contributed by atoms with Gasteiger partial charge in [-0.15, -0.1) is 12.8 Å². The second-order valence-corrected chi connectivity index (χ2v) is 8.58. The van der Waals surface area contributed by atoms with Crippen LogP contribution in [0.2, 0.25) is 0 Å². The fraction of sp³-hybridized carbons (Fsp3) is 0.636. The maximum absolute atomic E-state index is 11.7. The van der Waals surface area contributed by atoms with E-state index >= 15 is 0 Å². The third-order valence-corrected chi connectivity index (χ3v) is 6.29. The standard InChI is InChI=1S/C11H16O6PS2/c1-4-6-19(13)8-10-11(9-20(14)7-5-2)17-18(12,15-3)16-10/h1-2,10-12H,6-9H2,3H3. The molecule has 9 heteroatoms. The van der Waals surface area contributed by atoms with Crippen molar-refractivity contribution in [3.05, 3.63) is 0 Å². The number of hydrogen-bond acceptors (Lipinski definition) is 6. The van der Waals surface area contributed by atoms with Crippen molar-refractivity contribution in [3.63, 3.8) is 0 Å². The van der Waals surface area contributed by atoms with Gasteiger partial charge >= 0.3 is 8.17 Å². The van der Waals surface area contributed by atoms with Gasteiger partial charge in [-0.05, 0) is 22.4 Å². The molecule has 1 rings (SSSR count). The van der Waals surface area contributed by atoms with E-state index in [9.17, 15) is 14.0 Å². The molecule has 20 heavy (non-hydrogen) atoms. The lowest BCUT2D eigenvalue weighted by molar-refractivity contribution is 0.170. The lowest BCUT2D eigenvalue weighted by atomic mass is 10.3. The Bertz CT molecular complexity index is 363. The summed E-state index contributed by atoms with van der Waals surface area (Å²) in [5.74, 6) is 4.87. The average Bonchev–Trinajstić information content (AvgIpc) is 2.67. The van der Waals surface area contributed by atoms with Crippen LogP contribution in [0.25, 0.3) is 0 Å². The van der Waals surface area contributed by atoms with E-state index in [2.05, 4.69) is 11.8 Å². The molecule has 1 aliphatic rings. The van der Waals surface area contributed by atoms with Crippen LogP contribution in [0.4, 0.5) is 0 Å². The zero-order valence-corrected chi connectivity index (χ0v) is 13.4. The number of hydrogen-bond donors (Lipinski definition) is 1. The van der Waals surface area contributed by atoms with E-state index in [0.29, 0.717) is 0 Å². The SMILES string of the molecule is C#CC[S+]([O-])CC1O[P](O)(OC)OC1C[S+]([O-])CC#C. The quantitative estimate of drug-likeness (QED) is 0.394. The molecular formula is C11H16O6PS2. The molecule has 0 saturated carbocycles. The van der Waals surface area contributed by atoms with Gasteiger partial charge in [0.15, 0.2) is 11.5 Å². The molecule has 1 heterocycles. The minimum atomic E-state index is -3.44. The highest BCUT2D eigenvalue weighted by atomic mass is 32.2. The Morgan fingerprint density at radius 2 is 1.55 bits per heavy atom. The Labute approximate surface area is 125 Å². The van der Waals surface area contributed by atoms with Crippen LogP contribution in [0.1, 0.15) is 0 Å². The van der Waals surface area contributed by atoms with Gasteiger partial charge < -0.3 is 18.5 Å². The van der Waals surface area contributed by atoms with E-state index in [1.54, 1.807) is 0 Å². The molecule has 0 aliphatic carbocycles. The van der Waals surface area contributed by atoms with Crippen LogP contribution in [0.15, 0.2) is 0 Å². The molecule has 1 saturated heterocycles. The molecule has 4 unspecified atom stereocenters. The van der Waals surface area contributed by atoms with Crippen LogP contribution < -0.4 is 0 Å². The van der Waals surface area contributed by atoms with E-state index in [1.165, 1.54) is 7.11 Å². The van der Waals surface area contributed by atoms with Crippen LogP contribution in [0.5, 0.6) is 0 Å². The first kappa shape index (κ1) is 18.1. The maximum Gasteiger partial charge on any atom is 0.378 e. The minimum absolute atomic E-state index is 0.0733. The van der Waals surface area contributed by atoms with Crippen LogP contribution in [-0.2, 0) is 35.9 Å². The predicted octanol–water partition coefficient (Wildman–Crippen LogP) is -0.149. The summed E-state index contributed by atoms with van der Waals surface area (Å²) < 4.78 is 38.7. The highest BCUT2D eigenvalue weighted by Gasteiger charge is 2.50. The highest BCUT2D eigenvalue weighted by molar-refractivity contribution is 7.92. The Balaban J connectivity index is 2.67.